The molecule has 0 bridgehead atoms. The fourth-order valence-electron chi connectivity index (χ4n) is 3.28. The molecule has 30 heavy (non-hydrogen) atoms. The number of carbonyl (C=O) groups excluding carboxylic acids is 1. The van der Waals surface area contributed by atoms with E-state index in [2.05, 4.69) is 26.0 Å². The van der Waals surface area contributed by atoms with Crippen LogP contribution in [-0.4, -0.2) is 46.7 Å². The number of nitrogens with zero attached hydrogens (tertiary/aromatic N) is 4. The van der Waals surface area contributed by atoms with E-state index in [0.29, 0.717) is 42.0 Å². The molecule has 158 valence electrons. The van der Waals surface area contributed by atoms with E-state index >= 15 is 0 Å². The number of likely N-dealkylation sites (N-methyl/N-ethyl adjacent to an activating group) is 1. The lowest BCUT2D eigenvalue weighted by atomic mass is 10.2. The predicted molar refractivity (Wildman–Crippen MR) is 120 cm³/mol. The van der Waals surface area contributed by atoms with Crippen LogP contribution >= 0.6 is 0 Å². The minimum atomic E-state index is -0.142. The lowest BCUT2D eigenvalue weighted by molar-refractivity contribution is -0.114. The Hall–Kier alpha value is -3.53. The molecule has 0 radical (unpaired) electrons. The number of nitrogens with two attached hydrogens (primary N) is 2. The van der Waals surface area contributed by atoms with E-state index in [4.69, 9.17) is 11.5 Å². The summed E-state index contributed by atoms with van der Waals surface area (Å²) in [7, 11) is 1.94. The van der Waals surface area contributed by atoms with Crippen molar-refractivity contribution in [2.75, 3.05) is 46.7 Å². The van der Waals surface area contributed by atoms with Crippen LogP contribution in [0.15, 0.2) is 30.5 Å². The molecule has 0 atom stereocenters. The van der Waals surface area contributed by atoms with E-state index in [9.17, 15) is 4.79 Å². The normalized spacial score (nSPS) is 13.3. The zero-order chi connectivity index (χ0) is 21.3. The van der Waals surface area contributed by atoms with Crippen LogP contribution in [0.3, 0.4) is 0 Å². The SMILES string of the molecule is CC(=O)Nc1cc(Nc2cc(NC3CC3)n3ncc(N)c3n2)ccc1N(C)CCN. The van der Waals surface area contributed by atoms with Gasteiger partial charge in [-0.25, -0.2) is 4.98 Å². The van der Waals surface area contributed by atoms with Crippen LogP contribution in [-0.2, 0) is 4.79 Å². The summed E-state index contributed by atoms with van der Waals surface area (Å²) >= 11 is 0. The van der Waals surface area contributed by atoms with Crippen LogP contribution in [0, 0.1) is 0 Å². The van der Waals surface area contributed by atoms with Crippen LogP contribution in [0.1, 0.15) is 19.8 Å². The van der Waals surface area contributed by atoms with Gasteiger partial charge < -0.3 is 32.3 Å². The molecule has 0 aliphatic heterocycles. The standard InChI is InChI=1S/C20H27N9O/c1-12(30)24-16-9-14(5-6-17(16)28(2)8-7-21)25-18-10-19(26-13-3-4-13)29-20(27-18)15(22)11-23-29/h5-6,9-11,13,26H,3-4,7-8,21-22H2,1-2H3,(H,24,30)(H,25,27). The summed E-state index contributed by atoms with van der Waals surface area (Å²) in [5, 5.41) is 14.0. The highest BCUT2D eigenvalue weighted by Crippen LogP contribution is 2.32. The van der Waals surface area contributed by atoms with Crippen molar-refractivity contribution in [2.24, 2.45) is 5.73 Å². The average Bonchev–Trinajstić information content (AvgIpc) is 3.43. The number of hydrogen-bond acceptors (Lipinski definition) is 8. The Morgan fingerprint density at radius 2 is 2.13 bits per heavy atom. The Labute approximate surface area is 174 Å². The first-order chi connectivity index (χ1) is 14.4. The third-order valence-corrected chi connectivity index (χ3v) is 4.88. The van der Waals surface area contributed by atoms with Crippen molar-refractivity contribution in [1.82, 2.24) is 14.6 Å². The highest BCUT2D eigenvalue weighted by atomic mass is 16.1. The van der Waals surface area contributed by atoms with Gasteiger partial charge in [-0.15, -0.1) is 0 Å². The zero-order valence-corrected chi connectivity index (χ0v) is 17.1. The van der Waals surface area contributed by atoms with Gasteiger partial charge in [0.2, 0.25) is 5.91 Å². The second-order valence-corrected chi connectivity index (χ2v) is 7.53. The smallest absolute Gasteiger partial charge is 0.221 e. The quantitative estimate of drug-likeness (QED) is 0.381. The molecule has 0 saturated heterocycles. The number of aromatic nitrogens is 3. The summed E-state index contributed by atoms with van der Waals surface area (Å²) in [5.74, 6) is 1.33. The number of rotatable bonds is 8. The van der Waals surface area contributed by atoms with Crippen LogP contribution in [0.25, 0.3) is 5.65 Å². The summed E-state index contributed by atoms with van der Waals surface area (Å²) in [6.07, 6.45) is 3.88. The van der Waals surface area contributed by atoms with E-state index in [-0.39, 0.29) is 5.91 Å². The Bertz CT molecular complexity index is 1070. The van der Waals surface area contributed by atoms with Gasteiger partial charge in [0.1, 0.15) is 11.6 Å². The first kappa shape index (κ1) is 19.8. The molecule has 1 fully saturated rings. The Morgan fingerprint density at radius 1 is 1.33 bits per heavy atom. The van der Waals surface area contributed by atoms with E-state index in [1.807, 2.05) is 36.2 Å². The highest BCUT2D eigenvalue weighted by Gasteiger charge is 2.23. The molecule has 1 aliphatic carbocycles. The van der Waals surface area contributed by atoms with Gasteiger partial charge in [0.15, 0.2) is 5.65 Å². The molecule has 3 aromatic rings. The molecule has 10 heteroatoms. The maximum atomic E-state index is 11.7. The number of hydrogen-bond donors (Lipinski definition) is 5. The molecule has 0 spiro atoms. The Kier molecular flexibility index (Phi) is 5.32. The molecule has 4 rings (SSSR count). The fraction of sp³-hybridized carbons (Fsp3) is 0.350. The number of nitrogen functional groups attached to an aromatic ring is 1. The monoisotopic (exact) mass is 409 g/mol. The number of anilines is 6. The summed E-state index contributed by atoms with van der Waals surface area (Å²) < 4.78 is 1.71. The summed E-state index contributed by atoms with van der Waals surface area (Å²) in [4.78, 5) is 18.3. The molecule has 1 aliphatic rings. The molecule has 10 nitrogen and oxygen atoms in total. The van der Waals surface area contributed by atoms with Crippen molar-refractivity contribution in [3.63, 3.8) is 0 Å². The molecule has 1 saturated carbocycles. The molecule has 2 heterocycles. The second kappa shape index (κ2) is 8.07. The lowest BCUT2D eigenvalue weighted by Gasteiger charge is -2.22. The van der Waals surface area contributed by atoms with Gasteiger partial charge in [-0.05, 0) is 31.0 Å². The average molecular weight is 409 g/mol. The lowest BCUT2D eigenvalue weighted by Crippen LogP contribution is -2.26. The predicted octanol–water partition coefficient (Wildman–Crippen LogP) is 1.98. The van der Waals surface area contributed by atoms with Crippen molar-refractivity contribution in [2.45, 2.75) is 25.8 Å². The Balaban J connectivity index is 1.66. The van der Waals surface area contributed by atoms with Gasteiger partial charge in [-0.1, -0.05) is 0 Å². The fourth-order valence-corrected chi connectivity index (χ4v) is 3.28. The first-order valence-electron chi connectivity index (χ1n) is 9.95. The van der Waals surface area contributed by atoms with Crippen molar-refractivity contribution in [3.05, 3.63) is 30.5 Å². The van der Waals surface area contributed by atoms with Gasteiger partial charge in [-0.2, -0.15) is 9.61 Å². The number of nitrogens with one attached hydrogen (secondary N) is 3. The van der Waals surface area contributed by atoms with Gasteiger partial charge in [0.25, 0.3) is 0 Å². The zero-order valence-electron chi connectivity index (χ0n) is 17.1. The number of benzene rings is 1. The van der Waals surface area contributed by atoms with E-state index in [0.717, 1.165) is 30.0 Å². The van der Waals surface area contributed by atoms with Crippen LogP contribution in [0.2, 0.25) is 0 Å². The molecular weight excluding hydrogens is 382 g/mol. The summed E-state index contributed by atoms with van der Waals surface area (Å²) in [6.45, 7) is 2.68. The molecule has 2 aromatic heterocycles. The number of fused-ring (bicyclic) bond motifs is 1. The topological polar surface area (TPSA) is 139 Å². The number of carbonyl (C=O) groups is 1. The molecular formula is C20H27N9O. The van der Waals surface area contributed by atoms with Crippen LogP contribution in [0.4, 0.5) is 34.4 Å². The van der Waals surface area contributed by atoms with Gasteiger partial charge in [-0.3, -0.25) is 4.79 Å². The van der Waals surface area contributed by atoms with Crippen LogP contribution in [0.5, 0.6) is 0 Å². The van der Waals surface area contributed by atoms with Gasteiger partial charge in [0.05, 0.1) is 23.3 Å². The molecule has 1 amide bonds. The van der Waals surface area contributed by atoms with Crippen molar-refractivity contribution in [1.29, 1.82) is 0 Å². The van der Waals surface area contributed by atoms with Crippen molar-refractivity contribution < 1.29 is 4.79 Å². The van der Waals surface area contributed by atoms with Gasteiger partial charge >= 0.3 is 0 Å². The molecule has 7 N–H and O–H groups in total. The summed E-state index contributed by atoms with van der Waals surface area (Å²) in [5.41, 5.74) is 15.2. The third-order valence-electron chi connectivity index (χ3n) is 4.88. The van der Waals surface area contributed by atoms with Crippen LogP contribution < -0.4 is 32.3 Å². The first-order valence-corrected chi connectivity index (χ1v) is 9.95. The third kappa shape index (κ3) is 4.23. The van der Waals surface area contributed by atoms with E-state index in [1.54, 1.807) is 10.7 Å². The molecule has 1 aromatic carbocycles. The Morgan fingerprint density at radius 3 is 2.83 bits per heavy atom. The highest BCUT2D eigenvalue weighted by molar-refractivity contribution is 5.94. The molecule has 0 unspecified atom stereocenters. The van der Waals surface area contributed by atoms with Crippen molar-refractivity contribution >= 4 is 45.9 Å². The van der Waals surface area contributed by atoms with E-state index < -0.39 is 0 Å². The largest absolute Gasteiger partial charge is 0.394 e. The minimum Gasteiger partial charge on any atom is -0.394 e. The maximum Gasteiger partial charge on any atom is 0.221 e. The summed E-state index contributed by atoms with van der Waals surface area (Å²) in [6, 6.07) is 8.12. The second-order valence-electron chi connectivity index (χ2n) is 7.53. The van der Waals surface area contributed by atoms with Crippen molar-refractivity contribution in [3.8, 4) is 0 Å². The van der Waals surface area contributed by atoms with E-state index in [1.165, 1.54) is 6.92 Å². The van der Waals surface area contributed by atoms with Gasteiger partial charge in [0, 0.05) is 44.9 Å². The number of amides is 1. The maximum absolute atomic E-state index is 11.7. The minimum absolute atomic E-state index is 0.142.